The molecule has 0 fully saturated rings. The van der Waals surface area contributed by atoms with E-state index in [2.05, 4.69) is 58.0 Å². The van der Waals surface area contributed by atoms with Crippen LogP contribution < -0.4 is 0 Å². The van der Waals surface area contributed by atoms with Crippen molar-refractivity contribution < 1.29 is 0 Å². The molecule has 0 radical (unpaired) electrons. The van der Waals surface area contributed by atoms with Crippen molar-refractivity contribution in [2.45, 2.75) is 65.2 Å². The molecule has 0 heteroatoms. The van der Waals surface area contributed by atoms with Crippen molar-refractivity contribution in [3.05, 3.63) is 47.0 Å². The van der Waals surface area contributed by atoms with Crippen LogP contribution in [0.2, 0.25) is 0 Å². The normalized spacial score (nSPS) is 23.6. The van der Waals surface area contributed by atoms with Gasteiger partial charge in [-0.15, -0.1) is 0 Å². The molecule has 104 valence electrons. The predicted molar refractivity (Wildman–Crippen MR) is 84.7 cm³/mol. The minimum absolute atomic E-state index is 0.748. The van der Waals surface area contributed by atoms with Crippen LogP contribution in [0.4, 0.5) is 0 Å². The smallest absolute Gasteiger partial charge is 0.0133 e. The van der Waals surface area contributed by atoms with Crippen LogP contribution in [0.15, 0.2) is 35.9 Å². The molecule has 1 aromatic rings. The molecule has 0 heterocycles. The summed E-state index contributed by atoms with van der Waals surface area (Å²) in [6.45, 7) is 9.21. The average Bonchev–Trinajstić information content (AvgIpc) is 2.39. The minimum atomic E-state index is 0.748. The minimum Gasteiger partial charge on any atom is -0.0859 e. The summed E-state index contributed by atoms with van der Waals surface area (Å²) in [6.07, 6.45) is 7.66. The highest BCUT2D eigenvalue weighted by molar-refractivity contribution is 5.35. The zero-order valence-electron chi connectivity index (χ0n) is 12.9. The van der Waals surface area contributed by atoms with Crippen LogP contribution in [0, 0.1) is 5.92 Å². The van der Waals surface area contributed by atoms with Crippen molar-refractivity contribution in [3.63, 3.8) is 0 Å². The lowest BCUT2D eigenvalue weighted by molar-refractivity contribution is 0.370. The summed E-state index contributed by atoms with van der Waals surface area (Å²) in [6, 6.07) is 9.13. The topological polar surface area (TPSA) is 0 Å². The zero-order valence-corrected chi connectivity index (χ0v) is 12.9. The summed E-state index contributed by atoms with van der Waals surface area (Å²) in [7, 11) is 0. The van der Waals surface area contributed by atoms with E-state index in [-0.39, 0.29) is 0 Å². The van der Waals surface area contributed by atoms with Crippen LogP contribution in [-0.4, -0.2) is 0 Å². The molecule has 1 aliphatic carbocycles. The lowest BCUT2D eigenvalue weighted by Crippen LogP contribution is -2.18. The molecule has 0 bridgehead atoms. The summed E-state index contributed by atoms with van der Waals surface area (Å²) in [4.78, 5) is 0. The first-order valence-electron chi connectivity index (χ1n) is 7.81. The third-order valence-corrected chi connectivity index (χ3v) is 4.70. The van der Waals surface area contributed by atoms with Gasteiger partial charge in [0.15, 0.2) is 0 Å². The van der Waals surface area contributed by atoms with E-state index in [1.165, 1.54) is 31.3 Å². The molecule has 19 heavy (non-hydrogen) atoms. The highest BCUT2D eigenvalue weighted by Gasteiger charge is 2.27. The Bertz CT molecular complexity index is 437. The number of benzene rings is 1. The van der Waals surface area contributed by atoms with E-state index in [0.717, 1.165) is 17.8 Å². The fraction of sp³-hybridized carbons (Fsp3) is 0.579. The molecule has 0 spiro atoms. The molecule has 2 rings (SSSR count). The predicted octanol–water partition coefficient (Wildman–Crippen LogP) is 6.05. The molecule has 1 aromatic carbocycles. The number of hydrogen-bond acceptors (Lipinski definition) is 0. The molecule has 0 amide bonds. The number of fused-ring (bicyclic) bond motifs is 1. The van der Waals surface area contributed by atoms with Crippen LogP contribution in [0.5, 0.6) is 0 Å². The van der Waals surface area contributed by atoms with Crippen molar-refractivity contribution in [2.24, 2.45) is 5.92 Å². The molecule has 3 atom stereocenters. The lowest BCUT2D eigenvalue weighted by atomic mass is 9.71. The van der Waals surface area contributed by atoms with E-state index in [9.17, 15) is 0 Å². The second-order valence-electron chi connectivity index (χ2n) is 6.55. The van der Waals surface area contributed by atoms with E-state index >= 15 is 0 Å². The van der Waals surface area contributed by atoms with Crippen LogP contribution in [0.1, 0.15) is 76.3 Å². The number of hydrogen-bond donors (Lipinski definition) is 0. The third kappa shape index (κ3) is 3.49. The van der Waals surface area contributed by atoms with E-state index in [1.54, 1.807) is 11.1 Å². The van der Waals surface area contributed by atoms with Crippen molar-refractivity contribution in [1.82, 2.24) is 0 Å². The molecule has 0 saturated heterocycles. The Morgan fingerprint density at radius 2 is 1.89 bits per heavy atom. The quantitative estimate of drug-likeness (QED) is 0.575. The van der Waals surface area contributed by atoms with Gasteiger partial charge in [-0.3, -0.25) is 0 Å². The Morgan fingerprint density at radius 3 is 2.58 bits per heavy atom. The monoisotopic (exact) mass is 256 g/mol. The molecule has 0 aliphatic heterocycles. The first kappa shape index (κ1) is 14.4. The van der Waals surface area contributed by atoms with Gasteiger partial charge in [0.2, 0.25) is 0 Å². The molecule has 0 aromatic heterocycles. The van der Waals surface area contributed by atoms with Crippen molar-refractivity contribution in [3.8, 4) is 0 Å². The lowest BCUT2D eigenvalue weighted by Gasteiger charge is -2.33. The van der Waals surface area contributed by atoms with E-state index in [0.29, 0.717) is 0 Å². The highest BCUT2D eigenvalue weighted by Crippen LogP contribution is 2.43. The SMILES string of the molecule is CC(C)=CCC[C@H](C)[C@H]1CC[C@H](C)c2ccccc21. The van der Waals surface area contributed by atoms with Crippen molar-refractivity contribution >= 4 is 0 Å². The van der Waals surface area contributed by atoms with Gasteiger partial charge in [0.1, 0.15) is 0 Å². The van der Waals surface area contributed by atoms with Crippen molar-refractivity contribution in [1.29, 1.82) is 0 Å². The van der Waals surface area contributed by atoms with Gasteiger partial charge in [-0.1, -0.05) is 49.8 Å². The largest absolute Gasteiger partial charge is 0.0859 e. The Morgan fingerprint density at radius 1 is 1.21 bits per heavy atom. The maximum absolute atomic E-state index is 2.44. The third-order valence-electron chi connectivity index (χ3n) is 4.70. The van der Waals surface area contributed by atoms with Gasteiger partial charge in [-0.25, -0.2) is 0 Å². The van der Waals surface area contributed by atoms with Crippen LogP contribution in [0.3, 0.4) is 0 Å². The van der Waals surface area contributed by atoms with Crippen LogP contribution in [0.25, 0.3) is 0 Å². The maximum Gasteiger partial charge on any atom is -0.0133 e. The van der Waals surface area contributed by atoms with Gasteiger partial charge >= 0.3 is 0 Å². The molecule has 0 unspecified atom stereocenters. The van der Waals surface area contributed by atoms with E-state index < -0.39 is 0 Å². The van der Waals surface area contributed by atoms with Crippen LogP contribution >= 0.6 is 0 Å². The Balaban J connectivity index is 2.09. The molecule has 1 aliphatic rings. The van der Waals surface area contributed by atoms with Gasteiger partial charge in [-0.2, -0.15) is 0 Å². The molecule has 0 nitrogen and oxygen atoms in total. The second kappa shape index (κ2) is 6.41. The summed E-state index contributed by atoms with van der Waals surface area (Å²) in [5.74, 6) is 2.32. The van der Waals surface area contributed by atoms with Gasteiger partial charge in [-0.05, 0) is 68.4 Å². The summed E-state index contributed by atoms with van der Waals surface area (Å²) >= 11 is 0. The fourth-order valence-electron chi connectivity index (χ4n) is 3.47. The molecular formula is C19H28. The van der Waals surface area contributed by atoms with Crippen LogP contribution in [-0.2, 0) is 0 Å². The maximum atomic E-state index is 2.44. The second-order valence-corrected chi connectivity index (χ2v) is 6.55. The summed E-state index contributed by atoms with van der Waals surface area (Å²) in [5, 5.41) is 0. The summed E-state index contributed by atoms with van der Waals surface area (Å²) < 4.78 is 0. The fourth-order valence-corrected chi connectivity index (χ4v) is 3.47. The first-order chi connectivity index (χ1) is 9.09. The highest BCUT2D eigenvalue weighted by atomic mass is 14.3. The zero-order chi connectivity index (χ0) is 13.8. The Labute approximate surface area is 118 Å². The number of allylic oxidation sites excluding steroid dienone is 2. The standard InChI is InChI=1S/C19H28/c1-14(2)8-7-9-15(3)18-13-12-16(4)17-10-5-6-11-19(17)18/h5-6,8,10-11,15-16,18H,7,9,12-13H2,1-4H3/t15-,16-,18+/m0/s1. The van der Waals surface area contributed by atoms with Gasteiger partial charge in [0.05, 0.1) is 0 Å². The molecular weight excluding hydrogens is 228 g/mol. The van der Waals surface area contributed by atoms with Gasteiger partial charge in [0.25, 0.3) is 0 Å². The summed E-state index contributed by atoms with van der Waals surface area (Å²) in [5.41, 5.74) is 4.68. The van der Waals surface area contributed by atoms with E-state index in [4.69, 9.17) is 0 Å². The number of rotatable bonds is 4. The van der Waals surface area contributed by atoms with Gasteiger partial charge < -0.3 is 0 Å². The average molecular weight is 256 g/mol. The van der Waals surface area contributed by atoms with E-state index in [1.807, 2.05) is 0 Å². The molecule has 0 saturated carbocycles. The van der Waals surface area contributed by atoms with Crippen molar-refractivity contribution in [2.75, 3.05) is 0 Å². The first-order valence-corrected chi connectivity index (χ1v) is 7.81. The molecule has 0 N–H and O–H groups in total. The Hall–Kier alpha value is -1.04. The van der Waals surface area contributed by atoms with Gasteiger partial charge in [0, 0.05) is 0 Å². The Kier molecular flexibility index (Phi) is 4.85.